The van der Waals surface area contributed by atoms with E-state index in [0.29, 0.717) is 13.0 Å². The van der Waals surface area contributed by atoms with Crippen molar-refractivity contribution in [3.63, 3.8) is 0 Å². The molecule has 1 saturated heterocycles. The fourth-order valence-electron chi connectivity index (χ4n) is 6.01. The second-order valence-electron chi connectivity index (χ2n) is 15.4. The van der Waals surface area contributed by atoms with Crippen molar-refractivity contribution >= 4 is 37.4 Å². The fourth-order valence-corrected chi connectivity index (χ4v) is 8.20. The average molecular weight is 695 g/mol. The predicted molar refractivity (Wildman–Crippen MR) is 195 cm³/mol. The molecule has 0 aliphatic carbocycles. The Bertz CT molecular complexity index is 1140. The minimum absolute atomic E-state index is 0.0122. The summed E-state index contributed by atoms with van der Waals surface area (Å²) in [6.45, 7) is 23.3. The Morgan fingerprint density at radius 2 is 1.81 bits per heavy atom. The molecule has 1 fully saturated rings. The highest BCUT2D eigenvalue weighted by molar-refractivity contribution is 7.09. The van der Waals surface area contributed by atoms with Gasteiger partial charge < -0.3 is 19.4 Å². The number of likely N-dealkylation sites (N-methyl/N-ethyl adjacent to an activating group) is 1. The van der Waals surface area contributed by atoms with Crippen molar-refractivity contribution < 1.29 is 23.5 Å². The van der Waals surface area contributed by atoms with E-state index in [2.05, 4.69) is 83.6 Å². The van der Waals surface area contributed by atoms with Gasteiger partial charge in [-0.1, -0.05) is 87.5 Å². The maximum Gasteiger partial charge on any atom is 0.357 e. The molecule has 0 saturated carbocycles. The highest BCUT2D eigenvalue weighted by Crippen LogP contribution is 2.42. The molecule has 0 bridgehead atoms. The minimum atomic E-state index is -2.28. The van der Waals surface area contributed by atoms with Crippen LogP contribution >= 0.6 is 11.3 Å². The van der Waals surface area contributed by atoms with Crippen LogP contribution in [0.4, 0.5) is 0 Å². The number of rotatable bonds is 18. The summed E-state index contributed by atoms with van der Waals surface area (Å²) in [5.41, 5.74) is 0.275. The van der Waals surface area contributed by atoms with Crippen molar-refractivity contribution in [2.75, 3.05) is 27.2 Å². The zero-order chi connectivity index (χ0) is 35.5. The molecular formula is C36H66N4O5SSi. The number of hydrogen-bond donors (Lipinski definition) is 1. The second kappa shape index (κ2) is 18.8. The van der Waals surface area contributed by atoms with Crippen LogP contribution in [0.25, 0.3) is 0 Å². The first-order chi connectivity index (χ1) is 22.0. The summed E-state index contributed by atoms with van der Waals surface area (Å²) < 4.78 is 12.0. The number of unbranched alkanes of at least 4 members (excludes halogenated alkanes) is 3. The van der Waals surface area contributed by atoms with Crippen LogP contribution in [0.1, 0.15) is 135 Å². The van der Waals surface area contributed by atoms with E-state index in [4.69, 9.17) is 14.1 Å². The van der Waals surface area contributed by atoms with Gasteiger partial charge in [0, 0.05) is 18.0 Å². The van der Waals surface area contributed by atoms with E-state index >= 15 is 0 Å². The van der Waals surface area contributed by atoms with Crippen molar-refractivity contribution in [3.8, 4) is 0 Å². The van der Waals surface area contributed by atoms with Crippen LogP contribution < -0.4 is 5.32 Å². The van der Waals surface area contributed by atoms with Gasteiger partial charge in [-0.2, -0.15) is 0 Å². The number of esters is 1. The van der Waals surface area contributed by atoms with E-state index in [1.165, 1.54) is 18.4 Å². The Kier molecular flexibility index (Phi) is 16.5. The Balaban J connectivity index is 2.55. The van der Waals surface area contributed by atoms with Gasteiger partial charge in [-0.3, -0.25) is 14.5 Å². The third-order valence-corrected chi connectivity index (χ3v) is 15.9. The maximum atomic E-state index is 14.8. The standard InChI is InChI=1S/C36H66N4O5SSi/c1-13-15-16-18-22-40(34(42)31(26(5)14-2)38-32(41)28-20-17-19-21-39(28)9)29(25(3)4)23-30(45-47(11,12)36(6,7)8)33-37-27(24-46-33)35(43)44-10/h24-26,28-31H,13-23H2,1-12H3,(H,38,41)/t26-,28+,29+,30+,31-/m0/s1. The summed E-state index contributed by atoms with van der Waals surface area (Å²) in [6, 6.07) is -0.982. The number of methoxy groups -OCH3 is 1. The summed E-state index contributed by atoms with van der Waals surface area (Å²) in [4.78, 5) is 49.8. The number of nitrogens with zero attached hydrogens (tertiary/aromatic N) is 3. The zero-order valence-corrected chi connectivity index (χ0v) is 33.4. The first-order valence-electron chi connectivity index (χ1n) is 18.0. The van der Waals surface area contributed by atoms with Crippen LogP contribution in [0.2, 0.25) is 18.1 Å². The lowest BCUT2D eigenvalue weighted by Gasteiger charge is -2.43. The quantitative estimate of drug-likeness (QED) is 0.0950. The molecule has 0 radical (unpaired) electrons. The lowest BCUT2D eigenvalue weighted by molar-refractivity contribution is -0.142. The van der Waals surface area contributed by atoms with Gasteiger partial charge in [-0.25, -0.2) is 9.78 Å². The smallest absolute Gasteiger partial charge is 0.357 e. The molecule has 0 spiro atoms. The predicted octanol–water partition coefficient (Wildman–Crippen LogP) is 7.83. The van der Waals surface area contributed by atoms with E-state index in [0.717, 1.165) is 62.9 Å². The number of piperidine rings is 1. The van der Waals surface area contributed by atoms with Crippen molar-refractivity contribution in [2.24, 2.45) is 11.8 Å². The molecule has 270 valence electrons. The molecule has 1 aliphatic heterocycles. The largest absolute Gasteiger partial charge is 0.464 e. The maximum absolute atomic E-state index is 14.8. The van der Waals surface area contributed by atoms with E-state index in [-0.39, 0.29) is 46.5 Å². The molecule has 2 heterocycles. The average Bonchev–Trinajstić information content (AvgIpc) is 3.51. The normalized spacial score (nSPS) is 18.8. The van der Waals surface area contributed by atoms with Crippen molar-refractivity contribution in [2.45, 2.75) is 156 Å². The lowest BCUT2D eigenvalue weighted by Crippen LogP contribution is -2.59. The van der Waals surface area contributed by atoms with Crippen LogP contribution in [-0.4, -0.2) is 86.3 Å². The Morgan fingerprint density at radius 3 is 2.36 bits per heavy atom. The lowest BCUT2D eigenvalue weighted by atomic mass is 9.91. The Hall–Kier alpha value is -1.82. The number of carbonyl (C=O) groups is 3. The van der Waals surface area contributed by atoms with Gasteiger partial charge in [-0.15, -0.1) is 11.3 Å². The minimum Gasteiger partial charge on any atom is -0.464 e. The van der Waals surface area contributed by atoms with E-state index in [1.807, 2.05) is 7.05 Å². The van der Waals surface area contributed by atoms with Crippen molar-refractivity contribution in [1.29, 1.82) is 0 Å². The third-order valence-electron chi connectivity index (χ3n) is 10.4. The van der Waals surface area contributed by atoms with Gasteiger partial charge in [0.15, 0.2) is 14.0 Å². The van der Waals surface area contributed by atoms with Crippen LogP contribution in [-0.2, 0) is 18.8 Å². The van der Waals surface area contributed by atoms with Gasteiger partial charge in [0.05, 0.1) is 19.3 Å². The summed E-state index contributed by atoms with van der Waals surface area (Å²) in [5, 5.41) is 5.67. The molecule has 11 heteroatoms. The highest BCUT2D eigenvalue weighted by atomic mass is 32.1. The number of amides is 2. The number of hydrogen-bond acceptors (Lipinski definition) is 8. The molecule has 47 heavy (non-hydrogen) atoms. The molecule has 9 nitrogen and oxygen atoms in total. The monoisotopic (exact) mass is 694 g/mol. The van der Waals surface area contributed by atoms with Crippen LogP contribution in [0.15, 0.2) is 5.38 Å². The molecule has 1 aliphatic rings. The zero-order valence-electron chi connectivity index (χ0n) is 31.6. The summed E-state index contributed by atoms with van der Waals surface area (Å²) >= 11 is 1.41. The Labute approximate surface area is 291 Å². The molecule has 1 N–H and O–H groups in total. The summed E-state index contributed by atoms with van der Waals surface area (Å²) in [7, 11) is 1.08. The van der Waals surface area contributed by atoms with Crippen LogP contribution in [0.5, 0.6) is 0 Å². The van der Waals surface area contributed by atoms with Gasteiger partial charge in [0.2, 0.25) is 11.8 Å². The van der Waals surface area contributed by atoms with E-state index < -0.39 is 26.4 Å². The summed E-state index contributed by atoms with van der Waals surface area (Å²) in [5.74, 6) is -0.431. The van der Waals surface area contributed by atoms with E-state index in [1.54, 1.807) is 5.38 Å². The van der Waals surface area contributed by atoms with Gasteiger partial charge in [0.25, 0.3) is 0 Å². The first kappa shape index (κ1) is 41.3. The van der Waals surface area contributed by atoms with Gasteiger partial charge in [-0.05, 0) is 69.2 Å². The Morgan fingerprint density at radius 1 is 1.13 bits per heavy atom. The number of likely N-dealkylation sites (tertiary alicyclic amines) is 1. The first-order valence-corrected chi connectivity index (χ1v) is 21.8. The molecule has 5 atom stereocenters. The SMILES string of the molecule is CCCCCCN(C(=O)[C@@H](NC(=O)[C@H]1CCCCN1C)[C@@H](C)CC)[C@H](C[C@@H](O[Si](C)(C)C(C)(C)C)c1nc(C(=O)OC)cs1)C(C)C. The molecule has 0 aromatic carbocycles. The topological polar surface area (TPSA) is 101 Å². The molecule has 0 unspecified atom stereocenters. The highest BCUT2D eigenvalue weighted by Gasteiger charge is 2.43. The number of thiazole rings is 1. The second-order valence-corrected chi connectivity index (χ2v) is 21.1. The van der Waals surface area contributed by atoms with Crippen molar-refractivity contribution in [3.05, 3.63) is 16.1 Å². The molecule has 2 amide bonds. The van der Waals surface area contributed by atoms with Gasteiger partial charge in [0.1, 0.15) is 11.0 Å². The van der Waals surface area contributed by atoms with Crippen LogP contribution in [0.3, 0.4) is 0 Å². The molecule has 1 aromatic heterocycles. The van der Waals surface area contributed by atoms with E-state index in [9.17, 15) is 14.4 Å². The number of aromatic nitrogens is 1. The number of carbonyl (C=O) groups excluding carboxylic acids is 3. The van der Waals surface area contributed by atoms with Crippen molar-refractivity contribution in [1.82, 2.24) is 20.1 Å². The fraction of sp³-hybridized carbons (Fsp3) is 0.833. The third kappa shape index (κ3) is 11.6. The molecule has 1 aromatic rings. The summed E-state index contributed by atoms with van der Waals surface area (Å²) in [6.07, 6.45) is 8.00. The van der Waals surface area contributed by atoms with Crippen LogP contribution in [0, 0.1) is 11.8 Å². The number of ether oxygens (including phenoxy) is 1. The molecular weight excluding hydrogens is 629 g/mol. The number of nitrogens with one attached hydrogen (secondary N) is 1. The van der Waals surface area contributed by atoms with Gasteiger partial charge >= 0.3 is 5.97 Å². The molecule has 2 rings (SSSR count).